The minimum Gasteiger partial charge on any atom is -0.398 e. The van der Waals surface area contributed by atoms with E-state index in [1.54, 1.807) is 19.3 Å². The fourth-order valence-electron chi connectivity index (χ4n) is 3.21. The molecule has 1 atom stereocenters. The molecule has 1 unspecified atom stereocenters. The van der Waals surface area contributed by atoms with Crippen LogP contribution in [0.2, 0.25) is 0 Å². The van der Waals surface area contributed by atoms with Crippen molar-refractivity contribution in [2.45, 2.75) is 5.92 Å². The maximum absolute atomic E-state index is 8.66. The Morgan fingerprint density at radius 1 is 1.21 bits per heavy atom. The third kappa shape index (κ3) is 4.23. The Morgan fingerprint density at radius 3 is 2.64 bits per heavy atom. The number of nitrogen functional groups attached to an aromatic ring is 1. The molecule has 1 aliphatic rings. The molecule has 4 N–H and O–H groups in total. The highest BCUT2D eigenvalue weighted by Gasteiger charge is 2.18. The van der Waals surface area contributed by atoms with E-state index in [9.17, 15) is 0 Å². The van der Waals surface area contributed by atoms with Crippen molar-refractivity contribution < 1.29 is 0 Å². The van der Waals surface area contributed by atoms with E-state index in [1.165, 1.54) is 12.5 Å². The standard InChI is InChI=1S/C20H26N8/c1-24-12-15(11-21)14-3-4-17(22)16(9-14)20(23)18-10-19(26-13-25-18)28-7-5-27(2)6-8-28/h3-4,9-13,15,21,23H,5-8,22H2,1-2H3. The Morgan fingerprint density at radius 2 is 1.96 bits per heavy atom. The van der Waals surface area contributed by atoms with E-state index in [4.69, 9.17) is 16.6 Å². The molecule has 2 aromatic rings. The summed E-state index contributed by atoms with van der Waals surface area (Å²) < 4.78 is 0. The molecule has 0 aliphatic carbocycles. The molecule has 1 aromatic heterocycles. The van der Waals surface area contributed by atoms with Crippen molar-refractivity contribution in [2.75, 3.05) is 50.9 Å². The summed E-state index contributed by atoms with van der Waals surface area (Å²) in [5.41, 5.74) is 8.89. The van der Waals surface area contributed by atoms with Gasteiger partial charge in [0.2, 0.25) is 0 Å². The van der Waals surface area contributed by atoms with Gasteiger partial charge in [-0.3, -0.25) is 10.4 Å². The zero-order chi connectivity index (χ0) is 20.1. The fraction of sp³-hybridized carbons (Fsp3) is 0.350. The molecular formula is C20H26N8. The number of aromatic nitrogens is 2. The van der Waals surface area contributed by atoms with E-state index in [0.29, 0.717) is 16.9 Å². The van der Waals surface area contributed by atoms with Gasteiger partial charge in [0, 0.05) is 63.0 Å². The molecule has 28 heavy (non-hydrogen) atoms. The lowest BCUT2D eigenvalue weighted by Gasteiger charge is -2.33. The third-order valence-electron chi connectivity index (χ3n) is 4.96. The van der Waals surface area contributed by atoms with Crippen LogP contribution in [0.4, 0.5) is 11.5 Å². The summed E-state index contributed by atoms with van der Waals surface area (Å²) in [6.07, 6.45) is 4.52. The van der Waals surface area contributed by atoms with Crippen molar-refractivity contribution in [2.24, 2.45) is 4.99 Å². The normalized spacial score (nSPS) is 16.3. The average molecular weight is 378 g/mol. The van der Waals surface area contributed by atoms with Crippen LogP contribution in [0, 0.1) is 10.8 Å². The molecule has 1 fully saturated rings. The number of rotatable bonds is 6. The highest BCUT2D eigenvalue weighted by Crippen LogP contribution is 2.23. The second kappa shape index (κ2) is 8.71. The van der Waals surface area contributed by atoms with Gasteiger partial charge in [0.05, 0.1) is 17.3 Å². The molecule has 0 saturated carbocycles. The first-order valence-corrected chi connectivity index (χ1v) is 9.20. The van der Waals surface area contributed by atoms with Gasteiger partial charge in [0.25, 0.3) is 0 Å². The Labute approximate surface area is 165 Å². The van der Waals surface area contributed by atoms with Crippen LogP contribution in [0.3, 0.4) is 0 Å². The van der Waals surface area contributed by atoms with Crippen LogP contribution in [0.1, 0.15) is 22.7 Å². The minimum absolute atomic E-state index is 0.245. The summed E-state index contributed by atoms with van der Waals surface area (Å²) in [4.78, 5) is 17.2. The third-order valence-corrected chi connectivity index (χ3v) is 4.96. The maximum atomic E-state index is 8.66. The molecule has 2 heterocycles. The largest absolute Gasteiger partial charge is 0.398 e. The maximum Gasteiger partial charge on any atom is 0.132 e. The summed E-state index contributed by atoms with van der Waals surface area (Å²) in [6.45, 7) is 3.76. The summed E-state index contributed by atoms with van der Waals surface area (Å²) in [7, 11) is 3.79. The minimum atomic E-state index is -0.247. The lowest BCUT2D eigenvalue weighted by Crippen LogP contribution is -2.44. The van der Waals surface area contributed by atoms with Crippen LogP contribution in [-0.4, -0.2) is 73.3 Å². The molecule has 1 aromatic carbocycles. The first kappa shape index (κ1) is 19.6. The number of nitrogens with two attached hydrogens (primary N) is 1. The Bertz CT molecular complexity index is 884. The summed E-state index contributed by atoms with van der Waals surface area (Å²) >= 11 is 0. The average Bonchev–Trinajstić information content (AvgIpc) is 2.72. The Hall–Kier alpha value is -3.13. The molecular weight excluding hydrogens is 352 g/mol. The molecule has 8 heteroatoms. The first-order valence-electron chi connectivity index (χ1n) is 9.20. The first-order chi connectivity index (χ1) is 13.5. The van der Waals surface area contributed by atoms with Gasteiger partial charge in [-0.25, -0.2) is 9.97 Å². The zero-order valence-corrected chi connectivity index (χ0v) is 16.3. The molecule has 8 nitrogen and oxygen atoms in total. The number of anilines is 2. The molecule has 3 rings (SSSR count). The second-order valence-corrected chi connectivity index (χ2v) is 6.87. The smallest absolute Gasteiger partial charge is 0.132 e. The molecule has 0 radical (unpaired) electrons. The fourth-order valence-corrected chi connectivity index (χ4v) is 3.21. The lowest BCUT2D eigenvalue weighted by atomic mass is 9.95. The van der Waals surface area contributed by atoms with E-state index in [2.05, 4.69) is 31.8 Å². The summed E-state index contributed by atoms with van der Waals surface area (Å²) in [5, 5.41) is 16.3. The predicted molar refractivity (Wildman–Crippen MR) is 114 cm³/mol. The molecule has 0 bridgehead atoms. The number of likely N-dealkylation sites (N-methyl/N-ethyl adjacent to an activating group) is 1. The number of hydrogen-bond donors (Lipinski definition) is 3. The number of nitrogens with zero attached hydrogens (tertiary/aromatic N) is 5. The molecule has 1 saturated heterocycles. The van der Waals surface area contributed by atoms with E-state index in [-0.39, 0.29) is 11.6 Å². The molecule has 146 valence electrons. The van der Waals surface area contributed by atoms with Gasteiger partial charge in [-0.05, 0) is 24.7 Å². The quantitative estimate of drug-likeness (QED) is 0.522. The van der Waals surface area contributed by atoms with Crippen molar-refractivity contribution in [3.8, 4) is 0 Å². The zero-order valence-electron chi connectivity index (χ0n) is 16.3. The van der Waals surface area contributed by atoms with Crippen molar-refractivity contribution in [3.63, 3.8) is 0 Å². The lowest BCUT2D eigenvalue weighted by molar-refractivity contribution is 0.312. The van der Waals surface area contributed by atoms with E-state index >= 15 is 0 Å². The van der Waals surface area contributed by atoms with Crippen molar-refractivity contribution in [1.82, 2.24) is 14.9 Å². The number of hydrogen-bond acceptors (Lipinski definition) is 8. The van der Waals surface area contributed by atoms with Gasteiger partial charge in [-0.15, -0.1) is 0 Å². The van der Waals surface area contributed by atoms with Crippen LogP contribution in [0.5, 0.6) is 0 Å². The van der Waals surface area contributed by atoms with Gasteiger partial charge in [0.15, 0.2) is 0 Å². The van der Waals surface area contributed by atoms with Gasteiger partial charge in [-0.1, -0.05) is 6.07 Å². The Kier molecular flexibility index (Phi) is 6.10. The van der Waals surface area contributed by atoms with Gasteiger partial charge >= 0.3 is 0 Å². The number of aliphatic imine (C=N–C) groups is 1. The number of benzene rings is 1. The van der Waals surface area contributed by atoms with Crippen molar-refractivity contribution in [3.05, 3.63) is 47.4 Å². The molecule has 0 amide bonds. The predicted octanol–water partition coefficient (Wildman–Crippen LogP) is 1.66. The number of piperazine rings is 1. The van der Waals surface area contributed by atoms with Gasteiger partial charge in [-0.2, -0.15) is 0 Å². The molecule has 1 aliphatic heterocycles. The Balaban J connectivity index is 1.90. The van der Waals surface area contributed by atoms with E-state index < -0.39 is 0 Å². The van der Waals surface area contributed by atoms with Crippen molar-refractivity contribution >= 4 is 29.6 Å². The van der Waals surface area contributed by atoms with Crippen LogP contribution < -0.4 is 10.6 Å². The van der Waals surface area contributed by atoms with E-state index in [1.807, 2.05) is 18.2 Å². The van der Waals surface area contributed by atoms with Crippen molar-refractivity contribution in [1.29, 1.82) is 10.8 Å². The van der Waals surface area contributed by atoms with Crippen LogP contribution in [0.15, 0.2) is 35.6 Å². The number of nitrogens with one attached hydrogen (secondary N) is 2. The summed E-state index contributed by atoms with van der Waals surface area (Å²) in [5.74, 6) is 0.580. The van der Waals surface area contributed by atoms with Crippen LogP contribution in [0.25, 0.3) is 0 Å². The van der Waals surface area contributed by atoms with Crippen LogP contribution in [-0.2, 0) is 0 Å². The topological polar surface area (TPSA) is 118 Å². The van der Waals surface area contributed by atoms with Crippen LogP contribution >= 0.6 is 0 Å². The highest BCUT2D eigenvalue weighted by atomic mass is 15.3. The van der Waals surface area contributed by atoms with Gasteiger partial charge < -0.3 is 20.9 Å². The summed E-state index contributed by atoms with van der Waals surface area (Å²) in [6, 6.07) is 7.31. The SMILES string of the molecule is CN=CC(C=N)c1ccc(N)c(C(=N)c2cc(N3CCN(C)CC3)ncn2)c1. The molecule has 0 spiro atoms. The highest BCUT2D eigenvalue weighted by molar-refractivity contribution is 6.13. The second-order valence-electron chi connectivity index (χ2n) is 6.87. The van der Waals surface area contributed by atoms with E-state index in [0.717, 1.165) is 37.6 Å². The van der Waals surface area contributed by atoms with Gasteiger partial charge in [0.1, 0.15) is 12.1 Å². The monoisotopic (exact) mass is 378 g/mol.